The Morgan fingerprint density at radius 2 is 1.74 bits per heavy atom. The Labute approximate surface area is 269 Å². The molecule has 2 aliphatic rings. The lowest BCUT2D eigenvalue weighted by Crippen LogP contribution is -2.49. The van der Waals surface area contributed by atoms with Crippen molar-refractivity contribution in [2.24, 2.45) is 5.92 Å². The number of aromatic nitrogens is 2. The molecule has 0 spiro atoms. The molecule has 0 saturated carbocycles. The fourth-order valence-corrected chi connectivity index (χ4v) is 7.12. The van der Waals surface area contributed by atoms with Crippen LogP contribution >= 0.6 is 0 Å². The quantitative estimate of drug-likeness (QED) is 0.267. The summed E-state index contributed by atoms with van der Waals surface area (Å²) < 4.78 is 53.9. The van der Waals surface area contributed by atoms with E-state index in [1.54, 1.807) is 31.2 Å². The van der Waals surface area contributed by atoms with Gasteiger partial charge in [-0.15, -0.1) is 0 Å². The second kappa shape index (κ2) is 13.7. The van der Waals surface area contributed by atoms with Crippen LogP contribution in [0.1, 0.15) is 27.3 Å². The number of piperazine rings is 1. The summed E-state index contributed by atoms with van der Waals surface area (Å²) in [5, 5.41) is 18.6. The lowest BCUT2D eigenvalue weighted by molar-refractivity contribution is 0.102. The van der Waals surface area contributed by atoms with E-state index in [1.165, 1.54) is 35.6 Å². The maximum atomic E-state index is 13.5. The number of rotatable bonds is 11. The third kappa shape index (κ3) is 7.62. The minimum absolute atomic E-state index is 0.0738. The van der Waals surface area contributed by atoms with Gasteiger partial charge >= 0.3 is 0 Å². The highest BCUT2D eigenvalue weighted by molar-refractivity contribution is 7.92. The zero-order chi connectivity index (χ0) is 33.1. The number of nitrogens with zero attached hydrogens (tertiary/aromatic N) is 6. The van der Waals surface area contributed by atoms with Crippen LogP contribution in [0.4, 0.5) is 17.3 Å². The van der Waals surface area contributed by atoms with Crippen LogP contribution in [-0.2, 0) is 26.6 Å². The predicted molar refractivity (Wildman–Crippen MR) is 175 cm³/mol. The number of amides is 1. The second-order valence-electron chi connectivity index (χ2n) is 11.4. The van der Waals surface area contributed by atoms with Crippen molar-refractivity contribution < 1.29 is 21.6 Å². The molecule has 16 heteroatoms. The first-order valence-electron chi connectivity index (χ1n) is 14.8. The number of nitriles is 1. The van der Waals surface area contributed by atoms with Gasteiger partial charge in [0.25, 0.3) is 5.91 Å². The molecule has 46 heavy (non-hydrogen) atoms. The number of aryl methyl sites for hydroxylation is 1. The molecule has 3 heterocycles. The minimum atomic E-state index is -3.82. The van der Waals surface area contributed by atoms with Crippen LogP contribution in [-0.4, -0.2) is 96.1 Å². The molecule has 14 nitrogen and oxygen atoms in total. The smallest absolute Gasteiger partial charge is 0.257 e. The topological polar surface area (TPSA) is 181 Å². The monoisotopic (exact) mass is 667 g/mol. The van der Waals surface area contributed by atoms with Gasteiger partial charge in [-0.3, -0.25) is 9.10 Å². The van der Waals surface area contributed by atoms with Gasteiger partial charge in [0.05, 0.1) is 22.4 Å². The number of benzene rings is 2. The Kier molecular flexibility index (Phi) is 9.89. The van der Waals surface area contributed by atoms with Crippen molar-refractivity contribution in [3.63, 3.8) is 0 Å². The van der Waals surface area contributed by atoms with Crippen LogP contribution in [0.25, 0.3) is 0 Å². The standard InChI is InChI=1S/C30H37N9O5S2/c1-21-14-25(16-31)36-30(34-21)38-10-12-39(13-11-38)46(43,44)26-7-5-24(6-8-26)35-29(40)27-15-22(17-32-18-23-19-33-20-23)4-9-28(27)37(2)45(3,41)42/h4-9,14-15,23,32-33H,10-13,17-20H2,1-3H3,(H,35,40). The van der Waals surface area contributed by atoms with Crippen molar-refractivity contribution in [2.45, 2.75) is 18.4 Å². The summed E-state index contributed by atoms with van der Waals surface area (Å²) in [6.07, 6.45) is 1.07. The molecule has 0 radical (unpaired) electrons. The van der Waals surface area contributed by atoms with Gasteiger partial charge in [-0.1, -0.05) is 6.07 Å². The van der Waals surface area contributed by atoms with Crippen molar-refractivity contribution in [1.29, 1.82) is 5.26 Å². The molecule has 0 unspecified atom stereocenters. The van der Waals surface area contributed by atoms with E-state index in [0.717, 1.165) is 35.8 Å². The van der Waals surface area contributed by atoms with E-state index >= 15 is 0 Å². The van der Waals surface area contributed by atoms with E-state index < -0.39 is 26.0 Å². The Bertz CT molecular complexity index is 1850. The lowest BCUT2D eigenvalue weighted by Gasteiger charge is -2.34. The van der Waals surface area contributed by atoms with Crippen molar-refractivity contribution in [1.82, 2.24) is 24.9 Å². The molecule has 2 aromatic carbocycles. The van der Waals surface area contributed by atoms with Crippen molar-refractivity contribution in [3.05, 3.63) is 71.0 Å². The molecule has 1 aromatic heterocycles. The van der Waals surface area contributed by atoms with Crippen molar-refractivity contribution >= 4 is 43.3 Å². The van der Waals surface area contributed by atoms with Crippen LogP contribution in [0.3, 0.4) is 0 Å². The normalized spacial score (nSPS) is 16.0. The summed E-state index contributed by atoms with van der Waals surface area (Å²) in [5.41, 5.74) is 2.49. The van der Waals surface area contributed by atoms with Crippen molar-refractivity contribution in [3.8, 4) is 6.07 Å². The number of sulfonamides is 2. The highest BCUT2D eigenvalue weighted by atomic mass is 32.2. The molecule has 3 aromatic rings. The first-order valence-corrected chi connectivity index (χ1v) is 18.0. The average molecular weight is 668 g/mol. The third-order valence-corrected chi connectivity index (χ3v) is 11.1. The first-order chi connectivity index (χ1) is 21.8. The maximum absolute atomic E-state index is 13.5. The molecule has 0 bridgehead atoms. The highest BCUT2D eigenvalue weighted by Crippen LogP contribution is 2.26. The molecule has 2 saturated heterocycles. The molecule has 0 aliphatic carbocycles. The van der Waals surface area contributed by atoms with Crippen LogP contribution in [0.2, 0.25) is 0 Å². The Morgan fingerprint density at radius 1 is 1.04 bits per heavy atom. The molecule has 0 atom stereocenters. The summed E-state index contributed by atoms with van der Waals surface area (Å²) in [5.74, 6) is 0.425. The molecular formula is C30H37N9O5S2. The molecule has 2 fully saturated rings. The van der Waals surface area contributed by atoms with Crippen LogP contribution in [0.5, 0.6) is 0 Å². The molecule has 1 amide bonds. The highest BCUT2D eigenvalue weighted by Gasteiger charge is 2.30. The average Bonchev–Trinajstić information content (AvgIpc) is 3.01. The zero-order valence-corrected chi connectivity index (χ0v) is 27.5. The largest absolute Gasteiger partial charge is 0.338 e. The Balaban J connectivity index is 1.26. The van der Waals surface area contributed by atoms with E-state index in [-0.39, 0.29) is 34.9 Å². The zero-order valence-electron chi connectivity index (χ0n) is 25.9. The van der Waals surface area contributed by atoms with Crippen LogP contribution in [0.15, 0.2) is 53.4 Å². The summed E-state index contributed by atoms with van der Waals surface area (Å²) >= 11 is 0. The summed E-state index contributed by atoms with van der Waals surface area (Å²) in [6.45, 7) is 6.17. The third-order valence-electron chi connectivity index (χ3n) is 8.00. The number of anilines is 3. The van der Waals surface area contributed by atoms with E-state index in [9.17, 15) is 26.9 Å². The van der Waals surface area contributed by atoms with Gasteiger partial charge in [-0.05, 0) is 60.9 Å². The minimum Gasteiger partial charge on any atom is -0.338 e. The van der Waals surface area contributed by atoms with Gasteiger partial charge < -0.3 is 20.9 Å². The molecule has 5 rings (SSSR count). The molecular weight excluding hydrogens is 631 g/mol. The van der Waals surface area contributed by atoms with E-state index in [2.05, 4.69) is 25.9 Å². The number of hydrogen-bond acceptors (Lipinski definition) is 11. The number of carbonyl (C=O) groups is 1. The number of nitrogens with one attached hydrogen (secondary N) is 3. The van der Waals surface area contributed by atoms with Gasteiger partial charge in [0.1, 0.15) is 11.8 Å². The van der Waals surface area contributed by atoms with Gasteiger partial charge in [0.2, 0.25) is 26.0 Å². The van der Waals surface area contributed by atoms with Gasteiger partial charge in [0.15, 0.2) is 0 Å². The fraction of sp³-hybridized carbons (Fsp3) is 0.400. The SMILES string of the molecule is Cc1cc(C#N)nc(N2CCN(S(=O)(=O)c3ccc(NC(=O)c4cc(CNCC5CNC5)ccc4N(C)S(C)(=O)=O)cc3)CC2)n1. The van der Waals surface area contributed by atoms with Crippen LogP contribution < -0.4 is 25.2 Å². The van der Waals surface area contributed by atoms with Gasteiger partial charge in [-0.25, -0.2) is 26.8 Å². The Morgan fingerprint density at radius 3 is 2.35 bits per heavy atom. The van der Waals surface area contributed by atoms with E-state index in [1.807, 2.05) is 11.0 Å². The summed E-state index contributed by atoms with van der Waals surface area (Å²) in [7, 11) is -6.08. The van der Waals surface area contributed by atoms with E-state index in [0.29, 0.717) is 42.9 Å². The second-order valence-corrected chi connectivity index (χ2v) is 15.4. The van der Waals surface area contributed by atoms with Gasteiger partial charge in [-0.2, -0.15) is 9.57 Å². The number of carbonyl (C=O) groups excluding carboxylic acids is 1. The molecule has 244 valence electrons. The molecule has 3 N–H and O–H groups in total. The summed E-state index contributed by atoms with van der Waals surface area (Å²) in [6, 6.07) is 14.5. The predicted octanol–water partition coefficient (Wildman–Crippen LogP) is 1.12. The lowest BCUT2D eigenvalue weighted by atomic mass is 10.0. The van der Waals surface area contributed by atoms with Crippen LogP contribution in [0, 0.1) is 24.2 Å². The fourth-order valence-electron chi connectivity index (χ4n) is 5.18. The Hall–Kier alpha value is -4.14. The maximum Gasteiger partial charge on any atom is 0.257 e. The first kappa shape index (κ1) is 33.2. The molecule has 2 aliphatic heterocycles. The van der Waals surface area contributed by atoms with Crippen molar-refractivity contribution in [2.75, 3.05) is 73.6 Å². The van der Waals surface area contributed by atoms with Gasteiger partial charge in [0, 0.05) is 70.8 Å². The summed E-state index contributed by atoms with van der Waals surface area (Å²) in [4.78, 5) is 24.0. The number of hydrogen-bond donors (Lipinski definition) is 3. The van der Waals surface area contributed by atoms with E-state index in [4.69, 9.17) is 0 Å².